The summed E-state index contributed by atoms with van der Waals surface area (Å²) in [6.45, 7) is 10.1. The molecule has 0 spiro atoms. The summed E-state index contributed by atoms with van der Waals surface area (Å²) >= 11 is 0. The maximum absolute atomic E-state index is 12.5. The Kier molecular flexibility index (Phi) is 5.81. The number of likely N-dealkylation sites (tertiary alicyclic amines) is 1. The molecule has 1 amide bonds. The van der Waals surface area contributed by atoms with Gasteiger partial charge in [-0.15, -0.1) is 0 Å². The molecule has 0 aliphatic carbocycles. The molecule has 6 heteroatoms. The predicted octanol–water partition coefficient (Wildman–Crippen LogP) is 0.899. The Morgan fingerprint density at radius 3 is 2.77 bits per heavy atom. The summed E-state index contributed by atoms with van der Waals surface area (Å²) in [6.07, 6.45) is 1.68. The van der Waals surface area contributed by atoms with Crippen LogP contribution in [0.4, 0.5) is 0 Å². The van der Waals surface area contributed by atoms with Crippen molar-refractivity contribution in [2.75, 3.05) is 45.9 Å². The van der Waals surface area contributed by atoms with Crippen molar-refractivity contribution in [3.05, 3.63) is 0 Å². The fourth-order valence-corrected chi connectivity index (χ4v) is 3.20. The third-order valence-corrected chi connectivity index (χ3v) is 4.26. The van der Waals surface area contributed by atoms with Gasteiger partial charge in [0.15, 0.2) is 0 Å². The summed E-state index contributed by atoms with van der Waals surface area (Å²) in [7, 11) is 0. The molecular formula is C16H28N2O4. The van der Waals surface area contributed by atoms with Crippen LogP contribution in [-0.4, -0.2) is 73.2 Å². The second-order valence-corrected chi connectivity index (χ2v) is 6.75. The lowest BCUT2D eigenvalue weighted by Gasteiger charge is -2.39. The first-order chi connectivity index (χ1) is 10.4. The highest BCUT2D eigenvalue weighted by Crippen LogP contribution is 2.20. The minimum Gasteiger partial charge on any atom is -0.466 e. The number of ether oxygens (including phenoxy) is 2. The van der Waals surface area contributed by atoms with E-state index >= 15 is 0 Å². The smallest absolute Gasteiger partial charge is 0.310 e. The van der Waals surface area contributed by atoms with Crippen molar-refractivity contribution in [3.8, 4) is 0 Å². The second kappa shape index (κ2) is 7.42. The standard InChI is InChI=1S/C16H28N2O4/c1-4-21-15(20)13-6-5-7-18(10-13)14(19)11-17-8-9-22-16(2,3)12-17/h13H,4-12H2,1-3H3/t13-/m0/s1. The van der Waals surface area contributed by atoms with Gasteiger partial charge in [-0.1, -0.05) is 0 Å². The number of esters is 1. The number of piperidine rings is 1. The minimum absolute atomic E-state index is 0.103. The van der Waals surface area contributed by atoms with Gasteiger partial charge in [-0.3, -0.25) is 14.5 Å². The topological polar surface area (TPSA) is 59.1 Å². The van der Waals surface area contributed by atoms with Crippen molar-refractivity contribution in [1.82, 2.24) is 9.80 Å². The first-order valence-corrected chi connectivity index (χ1v) is 8.22. The average molecular weight is 312 g/mol. The summed E-state index contributed by atoms with van der Waals surface area (Å²) in [4.78, 5) is 28.3. The fourth-order valence-electron chi connectivity index (χ4n) is 3.20. The van der Waals surface area contributed by atoms with E-state index in [0.717, 1.165) is 32.5 Å². The highest BCUT2D eigenvalue weighted by atomic mass is 16.5. The van der Waals surface area contributed by atoms with Gasteiger partial charge >= 0.3 is 5.97 Å². The van der Waals surface area contributed by atoms with Gasteiger partial charge in [-0.25, -0.2) is 0 Å². The molecule has 2 fully saturated rings. The van der Waals surface area contributed by atoms with Crippen LogP contribution in [0.25, 0.3) is 0 Å². The maximum Gasteiger partial charge on any atom is 0.310 e. The van der Waals surface area contributed by atoms with E-state index in [1.807, 2.05) is 25.7 Å². The summed E-state index contributed by atoms with van der Waals surface area (Å²) in [5.41, 5.74) is -0.201. The fraction of sp³-hybridized carbons (Fsp3) is 0.875. The Morgan fingerprint density at radius 1 is 1.32 bits per heavy atom. The number of morpholine rings is 1. The van der Waals surface area contributed by atoms with Crippen LogP contribution < -0.4 is 0 Å². The third-order valence-electron chi connectivity index (χ3n) is 4.26. The lowest BCUT2D eigenvalue weighted by atomic mass is 9.98. The molecule has 22 heavy (non-hydrogen) atoms. The van der Waals surface area contributed by atoms with Crippen molar-refractivity contribution in [3.63, 3.8) is 0 Å². The molecule has 6 nitrogen and oxygen atoms in total. The molecule has 0 unspecified atom stereocenters. The molecular weight excluding hydrogens is 284 g/mol. The van der Waals surface area contributed by atoms with Crippen LogP contribution in [0.1, 0.15) is 33.6 Å². The number of rotatable bonds is 4. The van der Waals surface area contributed by atoms with E-state index in [4.69, 9.17) is 9.47 Å². The van der Waals surface area contributed by atoms with Crippen molar-refractivity contribution >= 4 is 11.9 Å². The largest absolute Gasteiger partial charge is 0.466 e. The van der Waals surface area contributed by atoms with Gasteiger partial charge in [0, 0.05) is 26.2 Å². The van der Waals surface area contributed by atoms with Gasteiger partial charge < -0.3 is 14.4 Å². The van der Waals surface area contributed by atoms with Gasteiger partial charge in [0.1, 0.15) is 0 Å². The predicted molar refractivity (Wildman–Crippen MR) is 82.4 cm³/mol. The SMILES string of the molecule is CCOC(=O)[C@H]1CCCN(C(=O)CN2CCOC(C)(C)C2)C1. The lowest BCUT2D eigenvalue weighted by Crippen LogP contribution is -2.53. The zero-order valence-electron chi connectivity index (χ0n) is 14.0. The molecule has 2 aliphatic heterocycles. The molecule has 0 radical (unpaired) electrons. The number of nitrogens with zero attached hydrogens (tertiary/aromatic N) is 2. The van der Waals surface area contributed by atoms with E-state index in [0.29, 0.717) is 26.3 Å². The lowest BCUT2D eigenvalue weighted by molar-refractivity contribution is -0.151. The average Bonchev–Trinajstić information content (AvgIpc) is 2.46. The van der Waals surface area contributed by atoms with E-state index in [2.05, 4.69) is 4.90 Å². The molecule has 2 rings (SSSR count). The second-order valence-electron chi connectivity index (χ2n) is 6.75. The summed E-state index contributed by atoms with van der Waals surface area (Å²) < 4.78 is 10.8. The Bertz CT molecular complexity index is 411. The number of carbonyl (C=O) groups excluding carboxylic acids is 2. The van der Waals surface area contributed by atoms with E-state index in [1.165, 1.54) is 0 Å². The molecule has 2 aliphatic rings. The first-order valence-electron chi connectivity index (χ1n) is 8.22. The van der Waals surface area contributed by atoms with E-state index < -0.39 is 0 Å². The first kappa shape index (κ1) is 17.2. The molecule has 126 valence electrons. The Labute approximate surface area is 132 Å². The Hall–Kier alpha value is -1.14. The normalized spacial score (nSPS) is 25.8. The molecule has 0 saturated carbocycles. The van der Waals surface area contributed by atoms with Crippen LogP contribution in [0.3, 0.4) is 0 Å². The maximum atomic E-state index is 12.5. The number of carbonyl (C=O) groups is 2. The number of hydrogen-bond donors (Lipinski definition) is 0. The van der Waals surface area contributed by atoms with Gasteiger partial charge in [0.25, 0.3) is 0 Å². The van der Waals surface area contributed by atoms with Crippen molar-refractivity contribution < 1.29 is 19.1 Å². The quantitative estimate of drug-likeness (QED) is 0.722. The Balaban J connectivity index is 1.85. The summed E-state index contributed by atoms with van der Waals surface area (Å²) in [6, 6.07) is 0. The zero-order chi connectivity index (χ0) is 16.2. The van der Waals surface area contributed by atoms with E-state index in [-0.39, 0.29) is 23.4 Å². The highest BCUT2D eigenvalue weighted by molar-refractivity contribution is 5.80. The number of hydrogen-bond acceptors (Lipinski definition) is 5. The van der Waals surface area contributed by atoms with Crippen LogP contribution in [-0.2, 0) is 19.1 Å². The van der Waals surface area contributed by atoms with Crippen LogP contribution >= 0.6 is 0 Å². The van der Waals surface area contributed by atoms with Gasteiger partial charge in [-0.05, 0) is 33.6 Å². The number of amides is 1. The van der Waals surface area contributed by atoms with Gasteiger partial charge in [-0.2, -0.15) is 0 Å². The van der Waals surface area contributed by atoms with Crippen molar-refractivity contribution in [2.45, 2.75) is 39.2 Å². The molecule has 0 aromatic carbocycles. The van der Waals surface area contributed by atoms with Crippen molar-refractivity contribution in [1.29, 1.82) is 0 Å². The monoisotopic (exact) mass is 312 g/mol. The molecule has 1 atom stereocenters. The van der Waals surface area contributed by atoms with Crippen LogP contribution in [0.15, 0.2) is 0 Å². The van der Waals surface area contributed by atoms with Crippen LogP contribution in [0.5, 0.6) is 0 Å². The molecule has 0 aromatic rings. The third kappa shape index (κ3) is 4.68. The summed E-state index contributed by atoms with van der Waals surface area (Å²) in [5, 5.41) is 0. The molecule has 2 heterocycles. The highest BCUT2D eigenvalue weighted by Gasteiger charge is 2.32. The van der Waals surface area contributed by atoms with Gasteiger partial charge in [0.2, 0.25) is 5.91 Å². The molecule has 0 N–H and O–H groups in total. The minimum atomic E-state index is -0.201. The van der Waals surface area contributed by atoms with Crippen LogP contribution in [0, 0.1) is 5.92 Å². The van der Waals surface area contributed by atoms with E-state index in [1.54, 1.807) is 0 Å². The Morgan fingerprint density at radius 2 is 2.09 bits per heavy atom. The van der Waals surface area contributed by atoms with E-state index in [9.17, 15) is 9.59 Å². The molecule has 0 bridgehead atoms. The zero-order valence-corrected chi connectivity index (χ0v) is 14.0. The molecule has 2 saturated heterocycles. The van der Waals surface area contributed by atoms with Gasteiger partial charge in [0.05, 0.1) is 31.3 Å². The van der Waals surface area contributed by atoms with Crippen molar-refractivity contribution in [2.24, 2.45) is 5.92 Å². The summed E-state index contributed by atoms with van der Waals surface area (Å²) in [5.74, 6) is -0.238. The van der Waals surface area contributed by atoms with Crippen LogP contribution in [0.2, 0.25) is 0 Å². The molecule has 0 aromatic heterocycles.